The second kappa shape index (κ2) is 3.69. The van der Waals surface area contributed by atoms with Crippen molar-refractivity contribution in [1.29, 1.82) is 0 Å². The van der Waals surface area contributed by atoms with Crippen molar-refractivity contribution >= 4 is 11.8 Å². The quantitative estimate of drug-likeness (QED) is 0.847. The van der Waals surface area contributed by atoms with Crippen LogP contribution >= 0.6 is 0 Å². The number of rotatable bonds is 2. The second-order valence-corrected chi connectivity index (χ2v) is 3.79. The molecule has 1 aromatic carbocycles. The van der Waals surface area contributed by atoms with Crippen LogP contribution in [0.5, 0.6) is 0 Å². The molecule has 0 fully saturated rings. The lowest BCUT2D eigenvalue weighted by Crippen LogP contribution is -2.31. The number of carbonyl (C=O) groups excluding carboxylic acids is 1. The zero-order valence-corrected chi connectivity index (χ0v) is 8.94. The van der Waals surface area contributed by atoms with Crippen molar-refractivity contribution in [2.24, 2.45) is 0 Å². The molecule has 88 valence electrons. The summed E-state index contributed by atoms with van der Waals surface area (Å²) in [6.07, 6.45) is 0.870. The van der Waals surface area contributed by atoms with Crippen molar-refractivity contribution in [3.63, 3.8) is 0 Å². The van der Waals surface area contributed by atoms with E-state index in [4.69, 9.17) is 9.84 Å². The minimum absolute atomic E-state index is 0.0255. The number of carboxylic acids is 1. The molecule has 0 saturated carbocycles. The van der Waals surface area contributed by atoms with E-state index in [2.05, 4.69) is 0 Å². The summed E-state index contributed by atoms with van der Waals surface area (Å²) in [4.78, 5) is 22.4. The second-order valence-electron chi connectivity index (χ2n) is 3.79. The molecule has 0 radical (unpaired) electrons. The molecular weight excluding hydrogens is 227 g/mol. The number of carbonyl (C=O) groups is 2. The Morgan fingerprint density at radius 1 is 1.41 bits per heavy atom. The smallest absolute Gasteiger partial charge is 0.371 e. The summed E-state index contributed by atoms with van der Waals surface area (Å²) in [5, 5.41) is 8.74. The zero-order valence-electron chi connectivity index (χ0n) is 8.94. The van der Waals surface area contributed by atoms with Crippen LogP contribution in [0, 0.1) is 5.82 Å². The number of aliphatic carboxylic acids is 1. The van der Waals surface area contributed by atoms with Gasteiger partial charge in [0.25, 0.3) is 0 Å². The number of benzene rings is 1. The first kappa shape index (κ1) is 11.3. The third-order valence-electron chi connectivity index (χ3n) is 2.65. The molecule has 5 heteroatoms. The van der Waals surface area contributed by atoms with E-state index in [0.29, 0.717) is 0 Å². The first-order valence-electron chi connectivity index (χ1n) is 4.88. The third kappa shape index (κ3) is 1.69. The molecule has 4 nitrogen and oxygen atoms in total. The van der Waals surface area contributed by atoms with Gasteiger partial charge in [-0.3, -0.25) is 4.79 Å². The highest BCUT2D eigenvalue weighted by Gasteiger charge is 2.45. The highest BCUT2D eigenvalue weighted by atomic mass is 19.1. The van der Waals surface area contributed by atoms with Crippen LogP contribution in [0.4, 0.5) is 4.39 Å². The van der Waals surface area contributed by atoms with Gasteiger partial charge in [-0.25, -0.2) is 9.18 Å². The van der Waals surface area contributed by atoms with Gasteiger partial charge in [0.1, 0.15) is 5.82 Å². The first-order valence-corrected chi connectivity index (χ1v) is 4.88. The van der Waals surface area contributed by atoms with E-state index in [1.54, 1.807) is 6.07 Å². The molecule has 0 spiro atoms. The van der Waals surface area contributed by atoms with Crippen molar-refractivity contribution in [3.8, 4) is 0 Å². The summed E-state index contributed by atoms with van der Waals surface area (Å²) in [7, 11) is 0. The molecule has 0 saturated heterocycles. The molecule has 1 unspecified atom stereocenters. The fraction of sp³-hybridized carbons (Fsp3) is 0.167. The van der Waals surface area contributed by atoms with Gasteiger partial charge in [0.15, 0.2) is 5.60 Å². The number of carboxylic acid groups (broad SMARTS) is 1. The normalized spacial score (nSPS) is 23.2. The summed E-state index contributed by atoms with van der Waals surface area (Å²) in [5.74, 6) is -3.01. The number of hydrogen-bond donors (Lipinski definition) is 1. The minimum atomic E-state index is -1.60. The molecule has 0 bridgehead atoms. The lowest BCUT2D eigenvalue weighted by Gasteiger charge is -2.23. The molecule has 1 N–H and O–H groups in total. The number of ketones is 1. The Kier molecular flexibility index (Phi) is 2.46. The van der Waals surface area contributed by atoms with Gasteiger partial charge in [0.2, 0.25) is 11.5 Å². The van der Waals surface area contributed by atoms with Gasteiger partial charge in [-0.05, 0) is 13.0 Å². The van der Waals surface area contributed by atoms with E-state index in [1.165, 1.54) is 25.1 Å². The predicted molar refractivity (Wildman–Crippen MR) is 55.6 cm³/mol. The molecule has 2 rings (SSSR count). The number of hydrogen-bond acceptors (Lipinski definition) is 3. The van der Waals surface area contributed by atoms with Crippen LogP contribution in [-0.4, -0.2) is 16.9 Å². The number of halogens is 1. The molecule has 1 aromatic rings. The fourth-order valence-corrected chi connectivity index (χ4v) is 1.70. The Labute approximate surface area is 96.3 Å². The van der Waals surface area contributed by atoms with E-state index in [9.17, 15) is 14.0 Å². The first-order chi connectivity index (χ1) is 7.95. The lowest BCUT2D eigenvalue weighted by atomic mass is 9.92. The van der Waals surface area contributed by atoms with Gasteiger partial charge in [0, 0.05) is 11.6 Å². The zero-order chi connectivity index (χ0) is 12.6. The van der Waals surface area contributed by atoms with E-state index < -0.39 is 28.9 Å². The molecular formula is C12H9FO4. The van der Waals surface area contributed by atoms with Crippen LogP contribution < -0.4 is 0 Å². The maximum atomic E-state index is 13.6. The molecule has 1 atom stereocenters. The maximum absolute atomic E-state index is 13.6. The summed E-state index contributed by atoms with van der Waals surface area (Å²) in [5.41, 5.74) is -1.57. The van der Waals surface area contributed by atoms with Gasteiger partial charge in [-0.2, -0.15) is 0 Å². The van der Waals surface area contributed by atoms with Gasteiger partial charge in [0.05, 0.1) is 0 Å². The van der Waals surface area contributed by atoms with E-state index in [1.807, 2.05) is 0 Å². The number of ether oxygens (including phenoxy) is 1. The molecule has 17 heavy (non-hydrogen) atoms. The van der Waals surface area contributed by atoms with Crippen molar-refractivity contribution in [1.82, 2.24) is 0 Å². The predicted octanol–water partition coefficient (Wildman–Crippen LogP) is 1.61. The standard InChI is InChI=1S/C12H9FO4/c1-12(7-4-2-3-5-8(7)13)10(14)6-9(17-12)11(15)16/h2-6H,1H3,(H,15,16). The molecule has 0 amide bonds. The Hall–Kier alpha value is -2.17. The SMILES string of the molecule is CC1(c2ccccc2F)OC(C(=O)O)=CC1=O. The van der Waals surface area contributed by atoms with Crippen LogP contribution in [-0.2, 0) is 19.9 Å². The van der Waals surface area contributed by atoms with Gasteiger partial charge < -0.3 is 9.84 Å². The van der Waals surface area contributed by atoms with E-state index in [-0.39, 0.29) is 5.56 Å². The monoisotopic (exact) mass is 236 g/mol. The highest BCUT2D eigenvalue weighted by molar-refractivity contribution is 6.05. The van der Waals surface area contributed by atoms with E-state index in [0.717, 1.165) is 6.08 Å². The molecule has 0 aromatic heterocycles. The maximum Gasteiger partial charge on any atom is 0.371 e. The minimum Gasteiger partial charge on any atom is -0.475 e. The van der Waals surface area contributed by atoms with Gasteiger partial charge in [-0.15, -0.1) is 0 Å². The molecule has 1 heterocycles. The van der Waals surface area contributed by atoms with Crippen LogP contribution in [0.1, 0.15) is 12.5 Å². The van der Waals surface area contributed by atoms with Gasteiger partial charge in [-0.1, -0.05) is 18.2 Å². The Morgan fingerprint density at radius 3 is 2.59 bits per heavy atom. The van der Waals surface area contributed by atoms with Crippen molar-refractivity contribution < 1.29 is 23.8 Å². The summed E-state index contributed by atoms with van der Waals surface area (Å²) < 4.78 is 18.6. The van der Waals surface area contributed by atoms with Crippen molar-refractivity contribution in [2.75, 3.05) is 0 Å². The summed E-state index contributed by atoms with van der Waals surface area (Å²) >= 11 is 0. The Morgan fingerprint density at radius 2 is 2.06 bits per heavy atom. The molecule has 0 aliphatic carbocycles. The molecule has 1 aliphatic rings. The average molecular weight is 236 g/mol. The average Bonchev–Trinajstić information content (AvgIpc) is 2.57. The van der Waals surface area contributed by atoms with E-state index >= 15 is 0 Å². The van der Waals surface area contributed by atoms with Crippen LogP contribution in [0.3, 0.4) is 0 Å². The van der Waals surface area contributed by atoms with Crippen LogP contribution in [0.2, 0.25) is 0 Å². The third-order valence-corrected chi connectivity index (χ3v) is 2.65. The Balaban J connectivity index is 2.45. The largest absolute Gasteiger partial charge is 0.475 e. The van der Waals surface area contributed by atoms with Gasteiger partial charge >= 0.3 is 5.97 Å². The van der Waals surface area contributed by atoms with Crippen LogP contribution in [0.15, 0.2) is 36.1 Å². The topological polar surface area (TPSA) is 63.6 Å². The molecule has 1 aliphatic heterocycles. The highest BCUT2D eigenvalue weighted by Crippen LogP contribution is 2.36. The fourth-order valence-electron chi connectivity index (χ4n) is 1.70. The summed E-state index contributed by atoms with van der Waals surface area (Å²) in [6, 6.07) is 5.62. The van der Waals surface area contributed by atoms with Crippen molar-refractivity contribution in [3.05, 3.63) is 47.5 Å². The lowest BCUT2D eigenvalue weighted by molar-refractivity contribution is -0.141. The Bertz CT molecular complexity index is 535. The van der Waals surface area contributed by atoms with Crippen molar-refractivity contribution in [2.45, 2.75) is 12.5 Å². The van der Waals surface area contributed by atoms with Crippen LogP contribution in [0.25, 0.3) is 0 Å². The summed E-state index contributed by atoms with van der Waals surface area (Å²) in [6.45, 7) is 1.35.